The highest BCUT2D eigenvalue weighted by molar-refractivity contribution is 6.21. The first-order valence-corrected chi connectivity index (χ1v) is 6.14. The minimum absolute atomic E-state index is 0.151. The van der Waals surface area contributed by atoms with E-state index >= 15 is 0 Å². The Bertz CT molecular complexity index is 716. The van der Waals surface area contributed by atoms with Gasteiger partial charge in [0.05, 0.1) is 17.5 Å². The van der Waals surface area contributed by atoms with Crippen LogP contribution in [0, 0.1) is 0 Å². The standard InChI is InChI=1S/C14H11N3O3/c18-12-5-6-15-9-16(12)7-8-17-13(19)10-3-1-2-4-11(10)14(17)20/h1-6,9H,7-8H2. The Hall–Kier alpha value is -2.76. The third kappa shape index (κ3) is 1.91. The topological polar surface area (TPSA) is 72.3 Å². The van der Waals surface area contributed by atoms with E-state index in [2.05, 4.69) is 4.98 Å². The van der Waals surface area contributed by atoms with Gasteiger partial charge in [-0.15, -0.1) is 0 Å². The lowest BCUT2D eigenvalue weighted by atomic mass is 10.1. The number of fused-ring (bicyclic) bond motifs is 1. The third-order valence-corrected chi connectivity index (χ3v) is 3.24. The van der Waals surface area contributed by atoms with Crippen LogP contribution in [0.5, 0.6) is 0 Å². The lowest BCUT2D eigenvalue weighted by Crippen LogP contribution is -2.34. The number of carbonyl (C=O) groups is 2. The van der Waals surface area contributed by atoms with Crippen molar-refractivity contribution >= 4 is 11.8 Å². The quantitative estimate of drug-likeness (QED) is 0.762. The lowest BCUT2D eigenvalue weighted by molar-refractivity contribution is 0.0648. The Morgan fingerprint density at radius 2 is 1.55 bits per heavy atom. The van der Waals surface area contributed by atoms with Gasteiger partial charge in [-0.05, 0) is 12.1 Å². The summed E-state index contributed by atoms with van der Waals surface area (Å²) >= 11 is 0. The smallest absolute Gasteiger partial charge is 0.261 e. The van der Waals surface area contributed by atoms with Gasteiger partial charge in [0, 0.05) is 25.4 Å². The number of nitrogens with zero attached hydrogens (tertiary/aromatic N) is 3. The first-order valence-electron chi connectivity index (χ1n) is 6.14. The molecule has 0 unspecified atom stereocenters. The van der Waals surface area contributed by atoms with Crippen molar-refractivity contribution in [3.63, 3.8) is 0 Å². The van der Waals surface area contributed by atoms with Crippen LogP contribution in [-0.4, -0.2) is 32.8 Å². The molecule has 100 valence electrons. The summed E-state index contributed by atoms with van der Waals surface area (Å²) in [5, 5.41) is 0. The largest absolute Gasteiger partial charge is 0.297 e. The minimum atomic E-state index is -0.317. The van der Waals surface area contributed by atoms with Crippen LogP contribution in [0.15, 0.2) is 47.7 Å². The Balaban J connectivity index is 1.81. The Morgan fingerprint density at radius 3 is 2.15 bits per heavy atom. The molecule has 6 nitrogen and oxygen atoms in total. The van der Waals surface area contributed by atoms with E-state index in [1.165, 1.54) is 23.2 Å². The highest BCUT2D eigenvalue weighted by Crippen LogP contribution is 2.21. The maximum absolute atomic E-state index is 12.1. The molecule has 1 aliphatic rings. The molecule has 1 aliphatic heterocycles. The van der Waals surface area contributed by atoms with Crippen molar-refractivity contribution in [2.75, 3.05) is 6.54 Å². The zero-order valence-electron chi connectivity index (χ0n) is 10.5. The molecule has 0 saturated heterocycles. The van der Waals surface area contributed by atoms with Crippen LogP contribution in [0.1, 0.15) is 20.7 Å². The molecule has 0 saturated carbocycles. The maximum Gasteiger partial charge on any atom is 0.261 e. The number of aromatic nitrogens is 2. The zero-order chi connectivity index (χ0) is 14.1. The Morgan fingerprint density at radius 1 is 0.900 bits per heavy atom. The molecule has 1 aromatic heterocycles. The van der Waals surface area contributed by atoms with Crippen molar-refractivity contribution in [3.8, 4) is 0 Å². The van der Waals surface area contributed by atoms with Gasteiger partial charge in [0.2, 0.25) is 0 Å². The molecule has 20 heavy (non-hydrogen) atoms. The fourth-order valence-electron chi connectivity index (χ4n) is 2.20. The van der Waals surface area contributed by atoms with E-state index in [1.54, 1.807) is 24.3 Å². The Labute approximate surface area is 114 Å². The van der Waals surface area contributed by atoms with Crippen LogP contribution in [0.25, 0.3) is 0 Å². The third-order valence-electron chi connectivity index (χ3n) is 3.24. The van der Waals surface area contributed by atoms with Gasteiger partial charge in [0.1, 0.15) is 0 Å². The van der Waals surface area contributed by atoms with Crippen LogP contribution >= 0.6 is 0 Å². The maximum atomic E-state index is 12.1. The molecule has 0 bridgehead atoms. The molecule has 1 aromatic carbocycles. The van der Waals surface area contributed by atoms with Crippen LogP contribution in [0.2, 0.25) is 0 Å². The summed E-state index contributed by atoms with van der Waals surface area (Å²) in [5.41, 5.74) is 0.615. The van der Waals surface area contributed by atoms with E-state index in [-0.39, 0.29) is 30.5 Å². The van der Waals surface area contributed by atoms with E-state index in [0.717, 1.165) is 4.90 Å². The van der Waals surface area contributed by atoms with Gasteiger partial charge in [-0.3, -0.25) is 23.9 Å². The summed E-state index contributed by atoms with van der Waals surface area (Å²) in [6.07, 6.45) is 2.79. The first-order chi connectivity index (χ1) is 9.68. The predicted molar refractivity (Wildman–Crippen MR) is 70.3 cm³/mol. The van der Waals surface area contributed by atoms with Gasteiger partial charge in [-0.2, -0.15) is 0 Å². The average Bonchev–Trinajstić information content (AvgIpc) is 2.71. The molecule has 0 N–H and O–H groups in total. The summed E-state index contributed by atoms with van der Waals surface area (Å²) in [5.74, 6) is -0.634. The lowest BCUT2D eigenvalue weighted by Gasteiger charge is -2.14. The summed E-state index contributed by atoms with van der Waals surface area (Å²) in [7, 11) is 0. The first kappa shape index (κ1) is 12.3. The van der Waals surface area contributed by atoms with E-state index in [9.17, 15) is 14.4 Å². The average molecular weight is 269 g/mol. The molecular weight excluding hydrogens is 258 g/mol. The molecule has 3 rings (SSSR count). The number of hydrogen-bond donors (Lipinski definition) is 0. The van der Waals surface area contributed by atoms with Gasteiger partial charge in [-0.1, -0.05) is 12.1 Å². The second-order valence-electron chi connectivity index (χ2n) is 4.42. The van der Waals surface area contributed by atoms with Gasteiger partial charge in [-0.25, -0.2) is 4.98 Å². The fourth-order valence-corrected chi connectivity index (χ4v) is 2.20. The van der Waals surface area contributed by atoms with Crippen LogP contribution in [-0.2, 0) is 6.54 Å². The van der Waals surface area contributed by atoms with Crippen LogP contribution in [0.4, 0.5) is 0 Å². The normalized spacial score (nSPS) is 13.7. The number of imide groups is 1. The van der Waals surface area contributed by atoms with Gasteiger partial charge in [0.25, 0.3) is 17.4 Å². The molecule has 0 aliphatic carbocycles. The molecule has 0 atom stereocenters. The molecular formula is C14H11N3O3. The molecule has 2 heterocycles. The van der Waals surface area contributed by atoms with Gasteiger partial charge < -0.3 is 0 Å². The second kappa shape index (κ2) is 4.73. The second-order valence-corrected chi connectivity index (χ2v) is 4.42. The van der Waals surface area contributed by atoms with Crippen LogP contribution < -0.4 is 5.56 Å². The summed E-state index contributed by atoms with van der Waals surface area (Å²) in [6.45, 7) is 0.385. The fraction of sp³-hybridized carbons (Fsp3) is 0.143. The summed E-state index contributed by atoms with van der Waals surface area (Å²) in [4.78, 5) is 40.8. The molecule has 2 aromatic rings. The zero-order valence-corrected chi connectivity index (χ0v) is 10.5. The number of rotatable bonds is 3. The number of hydrogen-bond acceptors (Lipinski definition) is 4. The summed E-state index contributed by atoms with van der Waals surface area (Å²) in [6, 6.07) is 8.04. The van der Waals surface area contributed by atoms with E-state index < -0.39 is 0 Å². The van der Waals surface area contributed by atoms with Crippen LogP contribution in [0.3, 0.4) is 0 Å². The molecule has 0 spiro atoms. The van der Waals surface area contributed by atoms with Crippen molar-refractivity contribution in [2.24, 2.45) is 0 Å². The minimum Gasteiger partial charge on any atom is -0.297 e. The van der Waals surface area contributed by atoms with Crippen molar-refractivity contribution in [2.45, 2.75) is 6.54 Å². The Kier molecular flexibility index (Phi) is 2.90. The molecule has 0 radical (unpaired) electrons. The molecule has 0 fully saturated rings. The van der Waals surface area contributed by atoms with E-state index in [0.29, 0.717) is 11.1 Å². The highest BCUT2D eigenvalue weighted by Gasteiger charge is 2.34. The SMILES string of the molecule is O=C1c2ccccc2C(=O)N1CCn1cnccc1=O. The highest BCUT2D eigenvalue weighted by atomic mass is 16.2. The number of amides is 2. The number of carbonyl (C=O) groups excluding carboxylic acids is 2. The molecule has 2 amide bonds. The van der Waals surface area contributed by atoms with Gasteiger partial charge in [0.15, 0.2) is 0 Å². The van der Waals surface area contributed by atoms with E-state index in [4.69, 9.17) is 0 Å². The molecule has 6 heteroatoms. The van der Waals surface area contributed by atoms with Crippen molar-refractivity contribution in [3.05, 3.63) is 64.3 Å². The van der Waals surface area contributed by atoms with Crippen molar-refractivity contribution in [1.82, 2.24) is 14.5 Å². The van der Waals surface area contributed by atoms with Gasteiger partial charge >= 0.3 is 0 Å². The predicted octanol–water partition coefficient (Wildman–Crippen LogP) is 0.539. The monoisotopic (exact) mass is 269 g/mol. The van der Waals surface area contributed by atoms with E-state index in [1.807, 2.05) is 0 Å². The number of benzene rings is 1. The van der Waals surface area contributed by atoms with Crippen molar-refractivity contribution in [1.29, 1.82) is 0 Å². The van der Waals surface area contributed by atoms with Crippen molar-refractivity contribution < 1.29 is 9.59 Å². The summed E-state index contributed by atoms with van der Waals surface area (Å²) < 4.78 is 1.36.